The molecule has 0 amide bonds. The molecule has 0 aliphatic rings. The molecule has 0 aliphatic carbocycles. The zero-order chi connectivity index (χ0) is 22.9. The molecule has 0 atom stereocenters. The van der Waals surface area contributed by atoms with Crippen molar-refractivity contribution >= 4 is 33.7 Å². The lowest BCUT2D eigenvalue weighted by molar-refractivity contribution is 0.0600. The maximum absolute atomic E-state index is 13.6. The number of rotatable bonds is 7. The van der Waals surface area contributed by atoms with E-state index in [0.717, 1.165) is 16.2 Å². The van der Waals surface area contributed by atoms with Crippen LogP contribution in [0.25, 0.3) is 33.3 Å². The number of hydrogen-bond acceptors (Lipinski definition) is 7. The molecule has 0 saturated carbocycles. The summed E-state index contributed by atoms with van der Waals surface area (Å²) >= 11 is 1.50. The fourth-order valence-electron chi connectivity index (χ4n) is 3.71. The lowest BCUT2D eigenvalue weighted by atomic mass is 10.1. The Morgan fingerprint density at radius 3 is 2.67 bits per heavy atom. The Morgan fingerprint density at radius 2 is 1.91 bits per heavy atom. The maximum atomic E-state index is 13.6. The van der Waals surface area contributed by atoms with E-state index < -0.39 is 5.97 Å². The minimum atomic E-state index is -0.438. The Bertz CT molecular complexity index is 1450. The van der Waals surface area contributed by atoms with Crippen molar-refractivity contribution < 1.29 is 18.7 Å². The molecule has 0 bridgehead atoms. The van der Waals surface area contributed by atoms with Gasteiger partial charge in [0.1, 0.15) is 28.7 Å². The average molecular weight is 466 g/mol. The molecule has 1 aromatic carbocycles. The molecule has 10 heteroatoms. The first-order valence-corrected chi connectivity index (χ1v) is 11.0. The van der Waals surface area contributed by atoms with Gasteiger partial charge >= 0.3 is 5.97 Å². The Hall–Kier alpha value is -3.76. The quantitative estimate of drug-likeness (QED) is 0.284. The molecular weight excluding hydrogens is 445 g/mol. The van der Waals surface area contributed by atoms with Crippen LogP contribution in [0.5, 0.6) is 0 Å². The zero-order valence-electron chi connectivity index (χ0n) is 17.9. The van der Waals surface area contributed by atoms with Gasteiger partial charge in [-0.05, 0) is 36.4 Å². The van der Waals surface area contributed by atoms with Crippen LogP contribution in [0.15, 0.2) is 54.2 Å². The number of nitrogens with zero attached hydrogens (tertiary/aromatic N) is 4. The Morgan fingerprint density at radius 1 is 1.09 bits per heavy atom. The normalized spacial score (nSPS) is 11.4. The number of fused-ring (bicyclic) bond motifs is 2. The Balaban J connectivity index is 1.76. The van der Waals surface area contributed by atoms with Crippen LogP contribution in [0, 0.1) is 5.82 Å². The van der Waals surface area contributed by atoms with Crippen LogP contribution in [-0.4, -0.2) is 52.1 Å². The van der Waals surface area contributed by atoms with Crippen LogP contribution in [0.2, 0.25) is 0 Å². The summed E-state index contributed by atoms with van der Waals surface area (Å²) in [5, 5.41) is 5.33. The van der Waals surface area contributed by atoms with Gasteiger partial charge in [-0.25, -0.2) is 19.2 Å². The summed E-state index contributed by atoms with van der Waals surface area (Å²) in [6.07, 6.45) is 3.62. The highest BCUT2D eigenvalue weighted by Crippen LogP contribution is 2.38. The van der Waals surface area contributed by atoms with Crippen molar-refractivity contribution in [3.05, 3.63) is 65.6 Å². The number of hydrogen-bond donors (Lipinski definition) is 1. The number of methoxy groups -OCH3 is 2. The fourth-order valence-corrected chi connectivity index (χ4v) is 4.42. The summed E-state index contributed by atoms with van der Waals surface area (Å²) in [6.45, 7) is 1.01. The van der Waals surface area contributed by atoms with Crippen LogP contribution in [0.4, 0.5) is 10.2 Å². The van der Waals surface area contributed by atoms with E-state index in [1.807, 2.05) is 20.4 Å². The van der Waals surface area contributed by atoms with Gasteiger partial charge in [-0.3, -0.25) is 8.80 Å². The second-order valence-corrected chi connectivity index (χ2v) is 8.11. The molecule has 0 aliphatic heterocycles. The first-order chi connectivity index (χ1) is 16.1. The van der Waals surface area contributed by atoms with Gasteiger partial charge in [-0.1, -0.05) is 0 Å². The number of carbonyl (C=O) groups excluding carboxylic acids is 1. The second-order valence-electron chi connectivity index (χ2n) is 7.24. The molecule has 1 N–H and O–H groups in total. The van der Waals surface area contributed by atoms with E-state index in [4.69, 9.17) is 19.4 Å². The van der Waals surface area contributed by atoms with E-state index >= 15 is 0 Å². The van der Waals surface area contributed by atoms with Gasteiger partial charge in [0.05, 0.1) is 25.0 Å². The van der Waals surface area contributed by atoms with Crippen LogP contribution < -0.4 is 5.32 Å². The second kappa shape index (κ2) is 8.64. The number of benzene rings is 1. The highest BCUT2D eigenvalue weighted by atomic mass is 32.1. The van der Waals surface area contributed by atoms with Crippen LogP contribution >= 0.6 is 11.3 Å². The van der Waals surface area contributed by atoms with Crippen LogP contribution in [-0.2, 0) is 9.47 Å². The number of pyridine rings is 1. The van der Waals surface area contributed by atoms with E-state index in [2.05, 4.69) is 5.32 Å². The van der Waals surface area contributed by atoms with Crippen LogP contribution in [0.3, 0.4) is 0 Å². The molecule has 0 radical (unpaired) electrons. The van der Waals surface area contributed by atoms with Crippen molar-refractivity contribution in [3.8, 4) is 22.6 Å². The molecule has 5 aromatic rings. The van der Waals surface area contributed by atoms with E-state index in [9.17, 15) is 9.18 Å². The number of halogens is 1. The van der Waals surface area contributed by atoms with E-state index in [1.165, 1.54) is 30.6 Å². The number of esters is 1. The third kappa shape index (κ3) is 3.73. The summed E-state index contributed by atoms with van der Waals surface area (Å²) in [5.41, 5.74) is 3.93. The highest BCUT2D eigenvalue weighted by molar-refractivity contribution is 7.15. The molecular formula is C23H20FN5O3S. The molecule has 0 spiro atoms. The number of aromatic nitrogens is 4. The standard InChI is InChI=1S/C23H20FN5O3S/c1-31-11-9-25-21-19(26-17-8-5-15(13-29(17)21)22(30)32-2)20-18(14-3-6-16(24)7-4-14)27-23-28(20)10-12-33-23/h3-8,10,12-13,25H,9,11H2,1-2H3. The number of anilines is 1. The van der Waals surface area contributed by atoms with E-state index in [1.54, 1.807) is 37.6 Å². The largest absolute Gasteiger partial charge is 0.465 e. The van der Waals surface area contributed by atoms with Gasteiger partial charge in [0.25, 0.3) is 0 Å². The summed E-state index contributed by atoms with van der Waals surface area (Å²) in [7, 11) is 2.98. The van der Waals surface area contributed by atoms with Crippen molar-refractivity contribution in [1.29, 1.82) is 0 Å². The van der Waals surface area contributed by atoms with Gasteiger partial charge in [-0.2, -0.15) is 0 Å². The topological polar surface area (TPSA) is 82.2 Å². The number of imidazole rings is 2. The van der Waals surface area contributed by atoms with Gasteiger partial charge in [0.2, 0.25) is 0 Å². The smallest absolute Gasteiger partial charge is 0.339 e. The predicted octanol–water partition coefficient (Wildman–Crippen LogP) is 4.36. The average Bonchev–Trinajstić information content (AvgIpc) is 3.52. The van der Waals surface area contributed by atoms with Gasteiger partial charge in [-0.15, -0.1) is 11.3 Å². The summed E-state index contributed by atoms with van der Waals surface area (Å²) in [4.78, 5) is 22.6. The van der Waals surface area contributed by atoms with Gasteiger partial charge < -0.3 is 14.8 Å². The van der Waals surface area contributed by atoms with Crippen molar-refractivity contribution in [2.24, 2.45) is 0 Å². The molecule has 168 valence electrons. The third-order valence-corrected chi connectivity index (χ3v) is 6.00. The van der Waals surface area contributed by atoms with Gasteiger partial charge in [0.15, 0.2) is 4.96 Å². The van der Waals surface area contributed by atoms with Crippen molar-refractivity contribution in [2.45, 2.75) is 0 Å². The van der Waals surface area contributed by atoms with Gasteiger partial charge in [0, 0.05) is 37.0 Å². The lowest BCUT2D eigenvalue weighted by Gasteiger charge is -2.10. The van der Waals surface area contributed by atoms with E-state index in [0.29, 0.717) is 41.6 Å². The highest BCUT2D eigenvalue weighted by Gasteiger charge is 2.24. The summed E-state index contributed by atoms with van der Waals surface area (Å²) in [5.74, 6) is -0.0675. The monoisotopic (exact) mass is 465 g/mol. The molecule has 33 heavy (non-hydrogen) atoms. The predicted molar refractivity (Wildman–Crippen MR) is 124 cm³/mol. The Labute approximate surface area is 192 Å². The van der Waals surface area contributed by atoms with E-state index in [-0.39, 0.29) is 5.82 Å². The maximum Gasteiger partial charge on any atom is 0.339 e. The Kier molecular flexibility index (Phi) is 5.53. The number of nitrogens with one attached hydrogen (secondary N) is 1. The minimum absolute atomic E-state index is 0.314. The number of ether oxygens (including phenoxy) is 2. The first kappa shape index (κ1) is 21.1. The fraction of sp³-hybridized carbons (Fsp3) is 0.174. The SMILES string of the molecule is COCCNc1c(-c2c(-c3ccc(F)cc3)nc3sccn23)nc2ccc(C(=O)OC)cn12. The molecule has 4 aromatic heterocycles. The molecule has 0 unspecified atom stereocenters. The molecule has 0 saturated heterocycles. The summed E-state index contributed by atoms with van der Waals surface area (Å²) in [6, 6.07) is 9.67. The number of thiazole rings is 1. The molecule has 4 heterocycles. The summed E-state index contributed by atoms with van der Waals surface area (Å²) < 4.78 is 27.5. The van der Waals surface area contributed by atoms with Crippen LogP contribution in [0.1, 0.15) is 10.4 Å². The first-order valence-electron chi connectivity index (χ1n) is 10.2. The molecule has 8 nitrogen and oxygen atoms in total. The van der Waals surface area contributed by atoms with Crippen molar-refractivity contribution in [2.75, 3.05) is 32.7 Å². The molecule has 0 fully saturated rings. The zero-order valence-corrected chi connectivity index (χ0v) is 18.7. The molecule has 5 rings (SSSR count). The number of carbonyl (C=O) groups is 1. The third-order valence-electron chi connectivity index (χ3n) is 5.24. The minimum Gasteiger partial charge on any atom is -0.465 e. The lowest BCUT2D eigenvalue weighted by Crippen LogP contribution is -2.11. The van der Waals surface area contributed by atoms with Crippen molar-refractivity contribution in [3.63, 3.8) is 0 Å². The van der Waals surface area contributed by atoms with Crippen molar-refractivity contribution in [1.82, 2.24) is 18.8 Å².